The van der Waals surface area contributed by atoms with Gasteiger partial charge in [0.25, 0.3) is 0 Å². The van der Waals surface area contributed by atoms with Gasteiger partial charge in [0.15, 0.2) is 0 Å². The van der Waals surface area contributed by atoms with Gasteiger partial charge in [0.05, 0.1) is 6.20 Å². The van der Waals surface area contributed by atoms with Crippen LogP contribution < -0.4 is 0 Å². The van der Waals surface area contributed by atoms with E-state index in [1.165, 1.54) is 10.9 Å². The van der Waals surface area contributed by atoms with Crippen LogP contribution in [0.5, 0.6) is 0 Å². The molecule has 1 rings (SSSR count). The Kier molecular flexibility index (Phi) is 1.88. The molecule has 0 aliphatic heterocycles. The molecule has 1 aromatic rings. The molecule has 0 atom stereocenters. The number of aromatic nitrogens is 2. The Balaban J connectivity index is 3.23. The molecular weight excluding hydrogens is 249 g/mol. The van der Waals surface area contributed by atoms with Gasteiger partial charge in [0.2, 0.25) is 0 Å². The first-order chi connectivity index (χ1) is 4.63. The van der Waals surface area contributed by atoms with E-state index in [-0.39, 0.29) is 5.82 Å². The Morgan fingerprint density at radius 1 is 1.90 bits per heavy atom. The molecule has 0 N–H and O–H groups in total. The Morgan fingerprint density at radius 3 is 2.70 bits per heavy atom. The van der Waals surface area contributed by atoms with E-state index in [4.69, 9.17) is 0 Å². The van der Waals surface area contributed by atoms with Gasteiger partial charge in [0.1, 0.15) is 10.6 Å². The van der Waals surface area contributed by atoms with Gasteiger partial charge >= 0.3 is 5.82 Å². The van der Waals surface area contributed by atoms with Crippen molar-refractivity contribution in [3.05, 3.63) is 19.9 Å². The molecule has 0 fully saturated rings. The zero-order valence-electron chi connectivity index (χ0n) is 5.11. The van der Waals surface area contributed by atoms with Crippen molar-refractivity contribution < 1.29 is 4.92 Å². The van der Waals surface area contributed by atoms with E-state index in [1.54, 1.807) is 7.05 Å². The Bertz CT molecular complexity index is 250. The lowest BCUT2D eigenvalue weighted by Crippen LogP contribution is -1.98. The molecule has 1 aromatic heterocycles. The van der Waals surface area contributed by atoms with E-state index in [0.717, 1.165) is 0 Å². The predicted octanol–water partition coefficient (Wildman–Crippen LogP) is 0.933. The summed E-state index contributed by atoms with van der Waals surface area (Å²) in [5.74, 6) is 0.0422. The van der Waals surface area contributed by atoms with Crippen LogP contribution in [0, 0.1) is 13.7 Å². The van der Waals surface area contributed by atoms with Gasteiger partial charge in [-0.2, -0.15) is 0 Å². The average molecular weight is 253 g/mol. The van der Waals surface area contributed by atoms with Gasteiger partial charge < -0.3 is 10.1 Å². The summed E-state index contributed by atoms with van der Waals surface area (Å²) in [4.78, 5) is 9.79. The van der Waals surface area contributed by atoms with E-state index in [2.05, 4.69) is 5.10 Å². The quantitative estimate of drug-likeness (QED) is 0.425. The Morgan fingerprint density at radius 2 is 2.50 bits per heavy atom. The second-order valence-electron chi connectivity index (χ2n) is 1.70. The third-order valence-electron chi connectivity index (χ3n) is 1.04. The summed E-state index contributed by atoms with van der Waals surface area (Å²) in [5.41, 5.74) is 0. The SMILES string of the molecule is Cn1ncc(I)c1[N+](=O)[O-]. The van der Waals surface area contributed by atoms with Crippen molar-refractivity contribution in [1.29, 1.82) is 0 Å². The van der Waals surface area contributed by atoms with Gasteiger partial charge in [-0.1, -0.05) is 5.10 Å². The second-order valence-corrected chi connectivity index (χ2v) is 2.86. The fourth-order valence-electron chi connectivity index (χ4n) is 0.610. The van der Waals surface area contributed by atoms with Crippen molar-refractivity contribution in [3.8, 4) is 0 Å². The zero-order chi connectivity index (χ0) is 7.72. The molecule has 1 heterocycles. The van der Waals surface area contributed by atoms with Gasteiger partial charge in [-0.05, 0) is 27.5 Å². The topological polar surface area (TPSA) is 61.0 Å². The monoisotopic (exact) mass is 253 g/mol. The van der Waals surface area contributed by atoms with Crippen LogP contribution in [0.1, 0.15) is 0 Å². The van der Waals surface area contributed by atoms with Crippen molar-refractivity contribution in [2.45, 2.75) is 0 Å². The molecule has 0 amide bonds. The van der Waals surface area contributed by atoms with Crippen molar-refractivity contribution >= 4 is 28.4 Å². The number of nitro groups is 1. The van der Waals surface area contributed by atoms with E-state index < -0.39 is 4.92 Å². The van der Waals surface area contributed by atoms with E-state index in [0.29, 0.717) is 3.57 Å². The number of nitrogens with zero attached hydrogens (tertiary/aromatic N) is 3. The minimum absolute atomic E-state index is 0.0422. The normalized spacial score (nSPS) is 9.80. The first kappa shape index (κ1) is 7.45. The number of aryl methyl sites for hydroxylation is 1. The highest BCUT2D eigenvalue weighted by Gasteiger charge is 2.15. The van der Waals surface area contributed by atoms with Gasteiger partial charge in [-0.15, -0.1) is 4.68 Å². The molecule has 0 saturated heterocycles. The van der Waals surface area contributed by atoms with E-state index >= 15 is 0 Å². The maximum Gasteiger partial charge on any atom is 0.358 e. The third kappa shape index (κ3) is 1.11. The highest BCUT2D eigenvalue weighted by atomic mass is 127. The molecule has 0 aliphatic rings. The zero-order valence-corrected chi connectivity index (χ0v) is 7.27. The molecule has 10 heavy (non-hydrogen) atoms. The lowest BCUT2D eigenvalue weighted by Gasteiger charge is -1.91. The van der Waals surface area contributed by atoms with Crippen molar-refractivity contribution in [2.24, 2.45) is 7.05 Å². The fourth-order valence-corrected chi connectivity index (χ4v) is 1.28. The van der Waals surface area contributed by atoms with Crippen LogP contribution in [-0.4, -0.2) is 14.7 Å². The molecule has 54 valence electrons. The van der Waals surface area contributed by atoms with Crippen molar-refractivity contribution in [3.63, 3.8) is 0 Å². The maximum absolute atomic E-state index is 10.2. The molecular formula is C4H4IN3O2. The summed E-state index contributed by atoms with van der Waals surface area (Å²) >= 11 is 1.87. The van der Waals surface area contributed by atoms with Crippen LogP contribution in [-0.2, 0) is 7.05 Å². The molecule has 0 saturated carbocycles. The van der Waals surface area contributed by atoms with Crippen LogP contribution in [0.15, 0.2) is 6.20 Å². The summed E-state index contributed by atoms with van der Waals surface area (Å²) in [6.07, 6.45) is 1.46. The number of rotatable bonds is 1. The smallest absolute Gasteiger partial charge is 0.358 e. The number of hydrogen-bond donors (Lipinski definition) is 0. The molecule has 0 aromatic carbocycles. The third-order valence-corrected chi connectivity index (χ3v) is 1.80. The molecule has 0 radical (unpaired) electrons. The lowest BCUT2D eigenvalue weighted by molar-refractivity contribution is -0.393. The first-order valence-electron chi connectivity index (χ1n) is 2.45. The fraction of sp³-hybridized carbons (Fsp3) is 0.250. The summed E-state index contributed by atoms with van der Waals surface area (Å²) in [6, 6.07) is 0. The van der Waals surface area contributed by atoms with Crippen molar-refractivity contribution in [1.82, 2.24) is 9.78 Å². The number of halogens is 1. The minimum atomic E-state index is -0.450. The largest absolute Gasteiger partial charge is 0.358 e. The highest BCUT2D eigenvalue weighted by molar-refractivity contribution is 14.1. The summed E-state index contributed by atoms with van der Waals surface area (Å²) in [7, 11) is 1.54. The highest BCUT2D eigenvalue weighted by Crippen LogP contribution is 2.17. The van der Waals surface area contributed by atoms with Gasteiger partial charge in [-0.3, -0.25) is 0 Å². The summed E-state index contributed by atoms with van der Waals surface area (Å²) in [6.45, 7) is 0. The molecule has 6 heteroatoms. The van der Waals surface area contributed by atoms with Crippen LogP contribution in [0.3, 0.4) is 0 Å². The molecule has 5 nitrogen and oxygen atoms in total. The van der Waals surface area contributed by atoms with Gasteiger partial charge in [-0.25, -0.2) is 0 Å². The van der Waals surface area contributed by atoms with Crippen LogP contribution in [0.4, 0.5) is 5.82 Å². The lowest BCUT2D eigenvalue weighted by atomic mass is 10.6. The molecule has 0 bridgehead atoms. The molecule has 0 unspecified atom stereocenters. The minimum Gasteiger partial charge on any atom is -0.358 e. The van der Waals surface area contributed by atoms with Crippen LogP contribution >= 0.6 is 22.6 Å². The standard InChI is InChI=1S/C4H4IN3O2/c1-7-4(8(9)10)3(5)2-6-7/h2H,1H3. The average Bonchev–Trinajstić information content (AvgIpc) is 2.11. The summed E-state index contributed by atoms with van der Waals surface area (Å²) in [5, 5.41) is 13.9. The number of hydrogen-bond acceptors (Lipinski definition) is 3. The summed E-state index contributed by atoms with van der Waals surface area (Å²) < 4.78 is 1.80. The molecule has 0 spiro atoms. The van der Waals surface area contributed by atoms with E-state index in [1.807, 2.05) is 22.6 Å². The van der Waals surface area contributed by atoms with E-state index in [9.17, 15) is 10.1 Å². The predicted molar refractivity (Wildman–Crippen MR) is 42.6 cm³/mol. The van der Waals surface area contributed by atoms with Crippen LogP contribution in [0.25, 0.3) is 0 Å². The molecule has 0 aliphatic carbocycles. The second kappa shape index (κ2) is 2.52. The van der Waals surface area contributed by atoms with Crippen LogP contribution in [0.2, 0.25) is 0 Å². The maximum atomic E-state index is 10.2. The first-order valence-corrected chi connectivity index (χ1v) is 3.52. The Hall–Kier alpha value is -0.660. The van der Waals surface area contributed by atoms with Gasteiger partial charge in [0, 0.05) is 0 Å². The van der Waals surface area contributed by atoms with Crippen molar-refractivity contribution in [2.75, 3.05) is 0 Å². The Labute approximate surface area is 70.3 Å².